The largest absolute Gasteiger partial charge is 0.493 e. The summed E-state index contributed by atoms with van der Waals surface area (Å²) < 4.78 is 27.5. The molecule has 32 heavy (non-hydrogen) atoms. The fourth-order valence-corrected chi connectivity index (χ4v) is 3.86. The summed E-state index contributed by atoms with van der Waals surface area (Å²) in [7, 11) is 4.52. The van der Waals surface area contributed by atoms with Crippen LogP contribution >= 0.6 is 0 Å². The van der Waals surface area contributed by atoms with E-state index in [-0.39, 0.29) is 18.4 Å². The van der Waals surface area contributed by atoms with E-state index in [4.69, 9.17) is 23.7 Å². The van der Waals surface area contributed by atoms with Crippen molar-refractivity contribution in [2.75, 3.05) is 54.1 Å². The number of methoxy groups -OCH3 is 3. The van der Waals surface area contributed by atoms with E-state index in [0.717, 1.165) is 0 Å². The molecule has 0 unspecified atom stereocenters. The molecular weight excluding hydrogens is 416 g/mol. The van der Waals surface area contributed by atoms with Crippen LogP contribution < -0.4 is 23.7 Å². The second kappa shape index (κ2) is 9.25. The van der Waals surface area contributed by atoms with Crippen molar-refractivity contribution in [2.24, 2.45) is 0 Å². The number of hydrogen-bond acceptors (Lipinski definition) is 7. The molecule has 2 aromatic rings. The third-order valence-electron chi connectivity index (χ3n) is 5.57. The topological polar surface area (TPSA) is 86.8 Å². The highest BCUT2D eigenvalue weighted by Gasteiger charge is 2.34. The van der Waals surface area contributed by atoms with E-state index in [2.05, 4.69) is 0 Å². The molecule has 0 bridgehead atoms. The number of piperazine rings is 1. The first-order chi connectivity index (χ1) is 15.5. The average Bonchev–Trinajstić information content (AvgIpc) is 2.86. The molecule has 2 aliphatic rings. The van der Waals surface area contributed by atoms with Crippen molar-refractivity contribution < 1.29 is 33.3 Å². The molecule has 170 valence electrons. The highest BCUT2D eigenvalue weighted by Crippen LogP contribution is 2.38. The second-order valence-corrected chi connectivity index (χ2v) is 7.40. The fraction of sp³-hybridized carbons (Fsp3) is 0.391. The quantitative estimate of drug-likeness (QED) is 0.698. The maximum absolute atomic E-state index is 13.1. The summed E-state index contributed by atoms with van der Waals surface area (Å²) in [6.45, 7) is 1.81. The van der Waals surface area contributed by atoms with Gasteiger partial charge in [-0.2, -0.15) is 0 Å². The maximum atomic E-state index is 13.1. The Morgan fingerprint density at radius 3 is 2.06 bits per heavy atom. The number of hydrogen-bond donors (Lipinski definition) is 0. The van der Waals surface area contributed by atoms with Crippen molar-refractivity contribution in [1.82, 2.24) is 9.80 Å². The summed E-state index contributed by atoms with van der Waals surface area (Å²) in [6.07, 6.45) is -0.692. The number of amides is 2. The molecule has 1 saturated heterocycles. The minimum atomic E-state index is -0.692. The van der Waals surface area contributed by atoms with Crippen LogP contribution in [0.5, 0.6) is 28.7 Å². The van der Waals surface area contributed by atoms with Crippen LogP contribution in [0.1, 0.15) is 10.4 Å². The molecule has 0 aromatic heterocycles. The number of rotatable bonds is 5. The first kappa shape index (κ1) is 21.6. The van der Waals surface area contributed by atoms with Gasteiger partial charge in [-0.3, -0.25) is 9.59 Å². The van der Waals surface area contributed by atoms with Crippen LogP contribution in [-0.2, 0) is 4.79 Å². The Bertz CT molecular complexity index is 977. The van der Waals surface area contributed by atoms with Crippen molar-refractivity contribution in [3.8, 4) is 28.7 Å². The Hall–Kier alpha value is -3.62. The molecular formula is C23H26N2O7. The summed E-state index contributed by atoms with van der Waals surface area (Å²) >= 11 is 0. The lowest BCUT2D eigenvalue weighted by molar-refractivity contribution is -0.142. The molecule has 2 heterocycles. The Kier molecular flexibility index (Phi) is 6.25. The standard InChI is InChI=1S/C23H26N2O7/c1-28-18-12-15(13-19(29-2)21(18)30-3)22(26)24-8-10-25(11-9-24)23(27)20-14-31-16-6-4-5-7-17(16)32-20/h4-7,12-13,20H,8-11,14H2,1-3H3/t20-/m1/s1. The summed E-state index contributed by atoms with van der Waals surface area (Å²) in [5.74, 6) is 2.16. The monoisotopic (exact) mass is 442 g/mol. The van der Waals surface area contributed by atoms with Crippen LogP contribution in [0.25, 0.3) is 0 Å². The first-order valence-electron chi connectivity index (χ1n) is 10.3. The fourth-order valence-electron chi connectivity index (χ4n) is 3.86. The Labute approximate surface area is 186 Å². The van der Waals surface area contributed by atoms with Gasteiger partial charge >= 0.3 is 0 Å². The van der Waals surface area contributed by atoms with Crippen molar-refractivity contribution in [1.29, 1.82) is 0 Å². The van der Waals surface area contributed by atoms with Crippen molar-refractivity contribution >= 4 is 11.8 Å². The smallest absolute Gasteiger partial charge is 0.267 e. The van der Waals surface area contributed by atoms with Gasteiger partial charge in [0.1, 0.15) is 6.61 Å². The Balaban J connectivity index is 1.39. The molecule has 2 amide bonds. The van der Waals surface area contributed by atoms with E-state index >= 15 is 0 Å². The molecule has 9 nitrogen and oxygen atoms in total. The van der Waals surface area contributed by atoms with Crippen molar-refractivity contribution in [3.63, 3.8) is 0 Å². The Morgan fingerprint density at radius 2 is 1.47 bits per heavy atom. The highest BCUT2D eigenvalue weighted by molar-refractivity contribution is 5.96. The van der Waals surface area contributed by atoms with Gasteiger partial charge in [0.25, 0.3) is 11.8 Å². The van der Waals surface area contributed by atoms with E-state index in [1.165, 1.54) is 21.3 Å². The van der Waals surface area contributed by atoms with Gasteiger partial charge in [-0.15, -0.1) is 0 Å². The number of benzene rings is 2. The predicted octanol–water partition coefficient (Wildman–Crippen LogP) is 1.84. The molecule has 9 heteroatoms. The molecule has 0 saturated carbocycles. The summed E-state index contributed by atoms with van der Waals surface area (Å²) in [6, 6.07) is 10.5. The SMILES string of the molecule is COc1cc(C(=O)N2CCN(C(=O)[C@H]3COc4ccccc4O3)CC2)cc(OC)c1OC. The number of nitrogens with zero attached hydrogens (tertiary/aromatic N) is 2. The van der Waals surface area contributed by atoms with Crippen molar-refractivity contribution in [2.45, 2.75) is 6.10 Å². The summed E-state index contributed by atoms with van der Waals surface area (Å²) in [5.41, 5.74) is 0.430. The lowest BCUT2D eigenvalue weighted by Crippen LogP contribution is -2.55. The van der Waals surface area contributed by atoms with Gasteiger partial charge < -0.3 is 33.5 Å². The van der Waals surface area contributed by atoms with Crippen LogP contribution in [-0.4, -0.2) is 81.8 Å². The molecule has 4 rings (SSSR count). The number of carbonyl (C=O) groups is 2. The molecule has 2 aromatic carbocycles. The van der Waals surface area contributed by atoms with Gasteiger partial charge in [-0.25, -0.2) is 0 Å². The lowest BCUT2D eigenvalue weighted by Gasteiger charge is -2.37. The third-order valence-corrected chi connectivity index (χ3v) is 5.57. The van der Waals surface area contributed by atoms with Gasteiger partial charge in [0.05, 0.1) is 21.3 Å². The van der Waals surface area contributed by atoms with Gasteiger partial charge in [0.2, 0.25) is 11.9 Å². The molecule has 0 N–H and O–H groups in total. The minimum absolute atomic E-state index is 0.139. The van der Waals surface area contributed by atoms with Crippen LogP contribution in [0.15, 0.2) is 36.4 Å². The van der Waals surface area contributed by atoms with E-state index in [1.807, 2.05) is 18.2 Å². The van der Waals surface area contributed by atoms with E-state index in [1.54, 1.807) is 28.0 Å². The molecule has 0 radical (unpaired) electrons. The number of para-hydroxylation sites is 2. The maximum Gasteiger partial charge on any atom is 0.267 e. The van der Waals surface area contributed by atoms with E-state index < -0.39 is 6.10 Å². The van der Waals surface area contributed by atoms with Crippen LogP contribution in [0.4, 0.5) is 0 Å². The molecule has 0 spiro atoms. The van der Waals surface area contributed by atoms with Crippen LogP contribution in [0.2, 0.25) is 0 Å². The van der Waals surface area contributed by atoms with Crippen LogP contribution in [0, 0.1) is 0 Å². The average molecular weight is 442 g/mol. The first-order valence-corrected chi connectivity index (χ1v) is 10.3. The molecule has 1 fully saturated rings. The van der Waals surface area contributed by atoms with Gasteiger partial charge in [-0.05, 0) is 24.3 Å². The zero-order valence-corrected chi connectivity index (χ0v) is 18.3. The minimum Gasteiger partial charge on any atom is -0.493 e. The zero-order chi connectivity index (χ0) is 22.7. The van der Waals surface area contributed by atoms with Gasteiger partial charge in [0, 0.05) is 31.7 Å². The van der Waals surface area contributed by atoms with Gasteiger partial charge in [-0.1, -0.05) is 12.1 Å². The van der Waals surface area contributed by atoms with E-state index in [0.29, 0.717) is 60.5 Å². The summed E-state index contributed by atoms with van der Waals surface area (Å²) in [4.78, 5) is 29.4. The number of ether oxygens (including phenoxy) is 5. The number of carbonyl (C=O) groups excluding carboxylic acids is 2. The molecule has 1 atom stereocenters. The molecule has 2 aliphatic heterocycles. The summed E-state index contributed by atoms with van der Waals surface area (Å²) in [5, 5.41) is 0. The highest BCUT2D eigenvalue weighted by atomic mass is 16.6. The zero-order valence-electron chi connectivity index (χ0n) is 18.3. The normalized spacial score (nSPS) is 17.5. The van der Waals surface area contributed by atoms with E-state index in [9.17, 15) is 9.59 Å². The van der Waals surface area contributed by atoms with Crippen LogP contribution in [0.3, 0.4) is 0 Å². The molecule has 0 aliphatic carbocycles. The third kappa shape index (κ3) is 4.10. The second-order valence-electron chi connectivity index (χ2n) is 7.40. The van der Waals surface area contributed by atoms with Gasteiger partial charge in [0.15, 0.2) is 23.0 Å². The lowest BCUT2D eigenvalue weighted by atomic mass is 10.1. The number of fused-ring (bicyclic) bond motifs is 1. The predicted molar refractivity (Wildman–Crippen MR) is 115 cm³/mol. The Morgan fingerprint density at radius 1 is 0.875 bits per heavy atom. The van der Waals surface area contributed by atoms with Crippen molar-refractivity contribution in [3.05, 3.63) is 42.0 Å².